The van der Waals surface area contributed by atoms with Crippen molar-refractivity contribution in [3.8, 4) is 5.75 Å². The van der Waals surface area contributed by atoms with Gasteiger partial charge in [0.05, 0.1) is 7.11 Å². The normalized spacial score (nSPS) is 12.3. The molecule has 0 aliphatic heterocycles. The number of aryl methyl sites for hydroxylation is 2. The van der Waals surface area contributed by atoms with Crippen molar-refractivity contribution in [2.45, 2.75) is 24.2 Å². The number of anilines is 1. The molecule has 1 amide bonds. The Hall–Kier alpha value is -2.46. The highest BCUT2D eigenvalue weighted by atomic mass is 32.2. The fourth-order valence-corrected chi connectivity index (χ4v) is 4.35. The van der Waals surface area contributed by atoms with E-state index >= 15 is 0 Å². The SMILES string of the molecule is COc1ccc(SCCC(=O)Nc2ccc3c4c(cccc24)CC3)cc1. The van der Waals surface area contributed by atoms with Gasteiger partial charge in [0.2, 0.25) is 5.91 Å². The molecule has 0 aromatic heterocycles. The van der Waals surface area contributed by atoms with Gasteiger partial charge in [-0.3, -0.25) is 4.79 Å². The number of carbonyl (C=O) groups excluding carboxylic acids is 1. The van der Waals surface area contributed by atoms with Crippen molar-refractivity contribution in [3.05, 3.63) is 65.7 Å². The van der Waals surface area contributed by atoms with Gasteiger partial charge in [0.15, 0.2) is 0 Å². The van der Waals surface area contributed by atoms with Crippen molar-refractivity contribution in [1.82, 2.24) is 0 Å². The zero-order valence-corrected chi connectivity index (χ0v) is 15.6. The molecule has 0 spiro atoms. The van der Waals surface area contributed by atoms with E-state index in [1.807, 2.05) is 30.3 Å². The minimum absolute atomic E-state index is 0.0599. The molecule has 0 fully saturated rings. The van der Waals surface area contributed by atoms with Gasteiger partial charge in [0, 0.05) is 28.1 Å². The summed E-state index contributed by atoms with van der Waals surface area (Å²) in [4.78, 5) is 13.5. The molecule has 132 valence electrons. The van der Waals surface area contributed by atoms with E-state index in [0.717, 1.165) is 40.3 Å². The average Bonchev–Trinajstić information content (AvgIpc) is 3.09. The molecule has 0 unspecified atom stereocenters. The molecule has 4 heteroatoms. The van der Waals surface area contributed by atoms with Crippen molar-refractivity contribution < 1.29 is 9.53 Å². The van der Waals surface area contributed by atoms with Gasteiger partial charge in [-0.1, -0.05) is 24.3 Å². The number of carbonyl (C=O) groups is 1. The maximum atomic E-state index is 12.4. The van der Waals surface area contributed by atoms with E-state index in [4.69, 9.17) is 4.74 Å². The van der Waals surface area contributed by atoms with Crippen LogP contribution in [0.5, 0.6) is 5.75 Å². The van der Waals surface area contributed by atoms with E-state index in [2.05, 4.69) is 29.6 Å². The molecular formula is C22H21NO2S. The average molecular weight is 363 g/mol. The second-order valence-corrected chi connectivity index (χ2v) is 7.60. The third kappa shape index (κ3) is 3.42. The van der Waals surface area contributed by atoms with Gasteiger partial charge in [0.1, 0.15) is 5.75 Å². The molecule has 26 heavy (non-hydrogen) atoms. The Balaban J connectivity index is 1.39. The number of amides is 1. The monoisotopic (exact) mass is 363 g/mol. The van der Waals surface area contributed by atoms with Gasteiger partial charge in [-0.2, -0.15) is 0 Å². The predicted octanol–water partition coefficient (Wildman–Crippen LogP) is 5.07. The molecule has 0 atom stereocenters. The Kier molecular flexibility index (Phi) is 4.85. The highest BCUT2D eigenvalue weighted by Crippen LogP contribution is 2.35. The third-order valence-corrected chi connectivity index (χ3v) is 5.82. The summed E-state index contributed by atoms with van der Waals surface area (Å²) in [5.41, 5.74) is 3.71. The van der Waals surface area contributed by atoms with E-state index in [9.17, 15) is 4.79 Å². The van der Waals surface area contributed by atoms with E-state index < -0.39 is 0 Å². The van der Waals surface area contributed by atoms with Crippen LogP contribution < -0.4 is 10.1 Å². The highest BCUT2D eigenvalue weighted by Gasteiger charge is 2.16. The van der Waals surface area contributed by atoms with Crippen LogP contribution in [0.3, 0.4) is 0 Å². The van der Waals surface area contributed by atoms with Gasteiger partial charge in [-0.05, 0) is 59.7 Å². The lowest BCUT2D eigenvalue weighted by Crippen LogP contribution is -2.12. The summed E-state index contributed by atoms with van der Waals surface area (Å²) >= 11 is 1.68. The van der Waals surface area contributed by atoms with Crippen LogP contribution in [-0.4, -0.2) is 18.8 Å². The number of thioether (sulfide) groups is 1. The fourth-order valence-electron chi connectivity index (χ4n) is 3.50. The Labute approximate surface area is 157 Å². The van der Waals surface area contributed by atoms with E-state index in [-0.39, 0.29) is 5.91 Å². The van der Waals surface area contributed by atoms with Crippen molar-refractivity contribution in [2.24, 2.45) is 0 Å². The first kappa shape index (κ1) is 17.0. The summed E-state index contributed by atoms with van der Waals surface area (Å²) < 4.78 is 5.16. The fraction of sp³-hybridized carbons (Fsp3) is 0.227. The molecule has 3 nitrogen and oxygen atoms in total. The molecule has 0 bridgehead atoms. The van der Waals surface area contributed by atoms with Crippen LogP contribution in [-0.2, 0) is 17.6 Å². The van der Waals surface area contributed by atoms with Crippen LogP contribution in [0.2, 0.25) is 0 Å². The minimum atomic E-state index is 0.0599. The molecule has 4 rings (SSSR count). The van der Waals surface area contributed by atoms with E-state index in [1.165, 1.54) is 16.5 Å². The summed E-state index contributed by atoms with van der Waals surface area (Å²) in [5.74, 6) is 1.66. The van der Waals surface area contributed by atoms with Crippen LogP contribution in [0, 0.1) is 0 Å². The molecule has 0 radical (unpaired) electrons. The molecule has 0 saturated heterocycles. The lowest BCUT2D eigenvalue weighted by Gasteiger charge is -2.10. The van der Waals surface area contributed by atoms with Crippen molar-refractivity contribution in [3.63, 3.8) is 0 Å². The van der Waals surface area contributed by atoms with Crippen molar-refractivity contribution >= 4 is 34.1 Å². The largest absolute Gasteiger partial charge is 0.497 e. The summed E-state index contributed by atoms with van der Waals surface area (Å²) in [5, 5.41) is 5.59. The molecular weight excluding hydrogens is 342 g/mol. The van der Waals surface area contributed by atoms with E-state index in [0.29, 0.717) is 6.42 Å². The van der Waals surface area contributed by atoms with Gasteiger partial charge >= 0.3 is 0 Å². The lowest BCUT2D eigenvalue weighted by atomic mass is 10.0. The molecule has 3 aromatic rings. The maximum Gasteiger partial charge on any atom is 0.225 e. The summed E-state index contributed by atoms with van der Waals surface area (Å²) in [6, 6.07) is 18.5. The Morgan fingerprint density at radius 2 is 1.81 bits per heavy atom. The number of hydrogen-bond acceptors (Lipinski definition) is 3. The summed E-state index contributed by atoms with van der Waals surface area (Å²) in [7, 11) is 1.66. The van der Waals surface area contributed by atoms with Gasteiger partial charge in [0.25, 0.3) is 0 Å². The predicted molar refractivity (Wildman–Crippen MR) is 108 cm³/mol. The minimum Gasteiger partial charge on any atom is -0.497 e. The Morgan fingerprint density at radius 1 is 1.04 bits per heavy atom. The highest BCUT2D eigenvalue weighted by molar-refractivity contribution is 7.99. The number of ether oxygens (including phenoxy) is 1. The topological polar surface area (TPSA) is 38.3 Å². The van der Waals surface area contributed by atoms with Crippen LogP contribution >= 0.6 is 11.8 Å². The van der Waals surface area contributed by atoms with E-state index in [1.54, 1.807) is 18.9 Å². The second kappa shape index (κ2) is 7.42. The number of benzene rings is 3. The van der Waals surface area contributed by atoms with Crippen LogP contribution in [0.15, 0.2) is 59.5 Å². The van der Waals surface area contributed by atoms with Crippen molar-refractivity contribution in [1.29, 1.82) is 0 Å². The quantitative estimate of drug-likeness (QED) is 0.622. The number of nitrogens with one attached hydrogen (secondary N) is 1. The van der Waals surface area contributed by atoms with Gasteiger partial charge < -0.3 is 10.1 Å². The molecule has 0 saturated carbocycles. The second-order valence-electron chi connectivity index (χ2n) is 6.43. The molecule has 1 aliphatic carbocycles. The number of rotatable bonds is 6. The van der Waals surface area contributed by atoms with Gasteiger partial charge in [-0.25, -0.2) is 0 Å². The molecule has 1 N–H and O–H groups in total. The summed E-state index contributed by atoms with van der Waals surface area (Å²) in [6.45, 7) is 0. The van der Waals surface area contributed by atoms with Crippen LogP contribution in [0.1, 0.15) is 17.5 Å². The smallest absolute Gasteiger partial charge is 0.225 e. The van der Waals surface area contributed by atoms with Crippen molar-refractivity contribution in [2.75, 3.05) is 18.2 Å². The number of hydrogen-bond donors (Lipinski definition) is 1. The lowest BCUT2D eigenvalue weighted by molar-refractivity contribution is -0.115. The first-order valence-corrected chi connectivity index (χ1v) is 9.83. The standard InChI is InChI=1S/C22H21NO2S/c1-25-17-8-10-18(11-9-17)26-14-13-21(24)23-20-12-7-16-6-5-15-3-2-4-19(20)22(15)16/h2-4,7-12H,5-6,13-14H2,1H3,(H,23,24). The first-order chi connectivity index (χ1) is 12.7. The Bertz CT molecular complexity index is 940. The molecule has 0 heterocycles. The number of methoxy groups -OCH3 is 1. The summed E-state index contributed by atoms with van der Waals surface area (Å²) in [6.07, 6.45) is 2.69. The zero-order chi connectivity index (χ0) is 17.9. The first-order valence-electron chi connectivity index (χ1n) is 8.85. The Morgan fingerprint density at radius 3 is 2.58 bits per heavy atom. The molecule has 3 aromatic carbocycles. The molecule has 1 aliphatic rings. The van der Waals surface area contributed by atoms with Gasteiger partial charge in [-0.15, -0.1) is 11.8 Å². The third-order valence-electron chi connectivity index (χ3n) is 4.81. The van der Waals surface area contributed by atoms with Crippen LogP contribution in [0.25, 0.3) is 10.8 Å². The van der Waals surface area contributed by atoms with Crippen LogP contribution in [0.4, 0.5) is 5.69 Å². The zero-order valence-electron chi connectivity index (χ0n) is 14.7. The maximum absolute atomic E-state index is 12.4.